The summed E-state index contributed by atoms with van der Waals surface area (Å²) in [5, 5.41) is 21.3. The molecule has 0 amide bonds. The van der Waals surface area contributed by atoms with Gasteiger partial charge in [0.15, 0.2) is 0 Å². The largest absolute Gasteiger partial charge is 0.396 e. The molecular weight excluding hydrogens is 404 g/mol. The van der Waals surface area contributed by atoms with E-state index in [-0.39, 0.29) is 27.8 Å². The molecule has 0 spiro atoms. The molecule has 0 bridgehead atoms. The molecule has 0 aromatic carbocycles. The average molecular weight is 457 g/mol. The van der Waals surface area contributed by atoms with Crippen LogP contribution in [0.25, 0.3) is 0 Å². The number of hydrogen-bond donors (Lipinski definition) is 2. The summed E-state index contributed by atoms with van der Waals surface area (Å²) < 4.78 is 0. The van der Waals surface area contributed by atoms with E-state index in [1.54, 1.807) is 11.1 Å². The zero-order valence-corrected chi connectivity index (χ0v) is 22.8. The molecule has 0 radical (unpaired) electrons. The molecular formula is C31H52O2. The second kappa shape index (κ2) is 8.51. The molecule has 0 aromatic rings. The third-order valence-electron chi connectivity index (χ3n) is 12.3. The fourth-order valence-corrected chi connectivity index (χ4v) is 9.55. The number of aliphatic hydroxyl groups is 2. The summed E-state index contributed by atoms with van der Waals surface area (Å²) in [7, 11) is 0. The Morgan fingerprint density at radius 1 is 0.970 bits per heavy atom. The van der Waals surface area contributed by atoms with Crippen molar-refractivity contribution < 1.29 is 10.2 Å². The van der Waals surface area contributed by atoms with Gasteiger partial charge in [-0.15, -0.1) is 0 Å². The SMILES string of the molecule is C=C(CC[C@@H](CO)[C@H]1CC[C@@]2(C)C3=C(CC[C@]12C)[C@@]1(C)CC[C@H](O)C(C)(C)[C@@H]1CC3)C(C)C. The maximum atomic E-state index is 10.8. The minimum absolute atomic E-state index is 0.00614. The number of rotatable bonds is 6. The molecule has 4 rings (SSSR count). The van der Waals surface area contributed by atoms with Crippen molar-refractivity contribution in [3.05, 3.63) is 23.3 Å². The molecule has 0 saturated heterocycles. The van der Waals surface area contributed by atoms with E-state index < -0.39 is 0 Å². The van der Waals surface area contributed by atoms with Crippen LogP contribution in [0.15, 0.2) is 23.3 Å². The summed E-state index contributed by atoms with van der Waals surface area (Å²) in [6, 6.07) is 0. The van der Waals surface area contributed by atoms with Gasteiger partial charge >= 0.3 is 0 Å². The molecule has 4 aliphatic rings. The lowest BCUT2D eigenvalue weighted by Gasteiger charge is -2.62. The van der Waals surface area contributed by atoms with E-state index in [0.29, 0.717) is 30.3 Å². The third kappa shape index (κ3) is 3.64. The number of hydrogen-bond acceptors (Lipinski definition) is 2. The molecule has 4 aliphatic carbocycles. The first kappa shape index (κ1) is 25.5. The van der Waals surface area contributed by atoms with Crippen molar-refractivity contribution in [3.63, 3.8) is 0 Å². The van der Waals surface area contributed by atoms with Gasteiger partial charge in [-0.3, -0.25) is 0 Å². The van der Waals surface area contributed by atoms with Crippen molar-refractivity contribution in [2.45, 2.75) is 119 Å². The zero-order chi connectivity index (χ0) is 24.4. The van der Waals surface area contributed by atoms with E-state index in [1.165, 1.54) is 44.1 Å². The summed E-state index contributed by atoms with van der Waals surface area (Å²) in [4.78, 5) is 0. The van der Waals surface area contributed by atoms with E-state index in [9.17, 15) is 10.2 Å². The van der Waals surface area contributed by atoms with Gasteiger partial charge < -0.3 is 10.2 Å². The van der Waals surface area contributed by atoms with Gasteiger partial charge in [0.1, 0.15) is 0 Å². The number of allylic oxidation sites excluding steroid dienone is 3. The van der Waals surface area contributed by atoms with E-state index in [0.717, 1.165) is 25.7 Å². The molecule has 7 atom stereocenters. The maximum Gasteiger partial charge on any atom is 0.0594 e. The highest BCUT2D eigenvalue weighted by atomic mass is 16.3. The fraction of sp³-hybridized carbons (Fsp3) is 0.871. The smallest absolute Gasteiger partial charge is 0.0594 e. The Hall–Kier alpha value is -0.600. The second-order valence-electron chi connectivity index (χ2n) is 14.0. The van der Waals surface area contributed by atoms with Crippen molar-refractivity contribution in [1.29, 1.82) is 0 Å². The van der Waals surface area contributed by atoms with Crippen molar-refractivity contribution in [2.75, 3.05) is 6.61 Å². The first-order chi connectivity index (χ1) is 15.3. The lowest BCUT2D eigenvalue weighted by Crippen LogP contribution is -2.55. The Labute approximate surface area is 204 Å². The van der Waals surface area contributed by atoms with Crippen LogP contribution < -0.4 is 0 Å². The van der Waals surface area contributed by atoms with Gasteiger partial charge in [-0.1, -0.05) is 71.8 Å². The van der Waals surface area contributed by atoms with E-state index in [1.807, 2.05) is 0 Å². The molecule has 0 aliphatic heterocycles. The van der Waals surface area contributed by atoms with Crippen LogP contribution in [-0.2, 0) is 0 Å². The Bertz CT molecular complexity index is 806. The minimum Gasteiger partial charge on any atom is -0.396 e. The Morgan fingerprint density at radius 3 is 2.30 bits per heavy atom. The topological polar surface area (TPSA) is 40.5 Å². The highest BCUT2D eigenvalue weighted by molar-refractivity contribution is 5.38. The predicted molar refractivity (Wildman–Crippen MR) is 139 cm³/mol. The standard InChI is InChI=1S/C31H52O2/c1-20(2)21(3)9-10-22(19-32)23-13-17-31(8)25-11-12-26-28(4,5)27(33)15-16-29(26,6)24(25)14-18-30(23,31)7/h20,22-23,26-27,32-33H,3,9-19H2,1-2,4-8H3/t22-,23+,26-,27-,29+,30+,31-/m0/s1. The van der Waals surface area contributed by atoms with Crippen LogP contribution in [0.3, 0.4) is 0 Å². The fourth-order valence-electron chi connectivity index (χ4n) is 9.55. The van der Waals surface area contributed by atoms with E-state index in [2.05, 4.69) is 55.0 Å². The molecule has 0 unspecified atom stereocenters. The molecule has 33 heavy (non-hydrogen) atoms. The molecule has 2 nitrogen and oxygen atoms in total. The van der Waals surface area contributed by atoms with Crippen LogP contribution in [0, 0.1) is 45.3 Å². The van der Waals surface area contributed by atoms with Gasteiger partial charge in [-0.2, -0.15) is 0 Å². The summed E-state index contributed by atoms with van der Waals surface area (Å²) in [5.74, 6) is 2.12. The molecule has 2 saturated carbocycles. The van der Waals surface area contributed by atoms with Crippen molar-refractivity contribution in [3.8, 4) is 0 Å². The van der Waals surface area contributed by atoms with E-state index >= 15 is 0 Å². The van der Waals surface area contributed by atoms with Gasteiger partial charge in [0.25, 0.3) is 0 Å². The van der Waals surface area contributed by atoms with Gasteiger partial charge in [-0.25, -0.2) is 0 Å². The third-order valence-corrected chi connectivity index (χ3v) is 12.3. The van der Waals surface area contributed by atoms with Crippen LogP contribution in [-0.4, -0.2) is 22.9 Å². The van der Waals surface area contributed by atoms with Crippen molar-refractivity contribution >= 4 is 0 Å². The quantitative estimate of drug-likeness (QED) is 0.402. The van der Waals surface area contributed by atoms with E-state index in [4.69, 9.17) is 0 Å². The van der Waals surface area contributed by atoms with Crippen LogP contribution >= 0.6 is 0 Å². The van der Waals surface area contributed by atoms with Gasteiger partial charge in [0.05, 0.1) is 6.10 Å². The summed E-state index contributed by atoms with van der Waals surface area (Å²) in [6.45, 7) is 21.5. The number of aliphatic hydroxyl groups excluding tert-OH is 2. The van der Waals surface area contributed by atoms with Gasteiger partial charge in [0.2, 0.25) is 0 Å². The molecule has 2 N–H and O–H groups in total. The zero-order valence-electron chi connectivity index (χ0n) is 22.8. The van der Waals surface area contributed by atoms with Crippen molar-refractivity contribution in [2.24, 2.45) is 45.3 Å². The van der Waals surface area contributed by atoms with Gasteiger partial charge in [0, 0.05) is 6.61 Å². The molecule has 188 valence electrons. The molecule has 0 aromatic heterocycles. The van der Waals surface area contributed by atoms with Crippen LogP contribution in [0.2, 0.25) is 0 Å². The molecule has 0 heterocycles. The second-order valence-corrected chi connectivity index (χ2v) is 14.0. The van der Waals surface area contributed by atoms with Crippen LogP contribution in [0.1, 0.15) is 113 Å². The van der Waals surface area contributed by atoms with Crippen LogP contribution in [0.5, 0.6) is 0 Å². The Morgan fingerprint density at radius 2 is 1.67 bits per heavy atom. The minimum atomic E-state index is -0.163. The van der Waals surface area contributed by atoms with Crippen LogP contribution in [0.4, 0.5) is 0 Å². The highest BCUT2D eigenvalue weighted by Crippen LogP contribution is 2.72. The average Bonchev–Trinajstić information content (AvgIpc) is 3.03. The first-order valence-corrected chi connectivity index (χ1v) is 14.0. The highest BCUT2D eigenvalue weighted by Gasteiger charge is 2.63. The Kier molecular flexibility index (Phi) is 6.57. The first-order valence-electron chi connectivity index (χ1n) is 14.0. The van der Waals surface area contributed by atoms with Gasteiger partial charge in [-0.05, 0) is 110 Å². The molecule has 2 heteroatoms. The summed E-state index contributed by atoms with van der Waals surface area (Å²) in [6.07, 6.45) is 11.5. The molecule has 2 fully saturated rings. The normalized spacial score (nSPS) is 43.2. The lowest BCUT2D eigenvalue weighted by molar-refractivity contribution is -0.0966. The maximum absolute atomic E-state index is 10.8. The monoisotopic (exact) mass is 456 g/mol. The lowest BCUT2D eigenvalue weighted by atomic mass is 9.43. The Balaban J connectivity index is 1.64. The summed E-state index contributed by atoms with van der Waals surface area (Å²) in [5.41, 5.74) is 5.73. The summed E-state index contributed by atoms with van der Waals surface area (Å²) >= 11 is 0. The number of fused-ring (bicyclic) bond motifs is 4. The van der Waals surface area contributed by atoms with Crippen molar-refractivity contribution in [1.82, 2.24) is 0 Å². The predicted octanol–water partition coefficient (Wildman–Crippen LogP) is 7.70.